The average molecular weight is 736 g/mol. The SMILES string of the molecule is CCCc1ccc2c(c1)c1cc(C3=CC4c5cc(-c6ccc7c(c6)c6cc(CCC)ccc6n7-c6ccccc6)ccc5NC4C=C3)ccc1n2-c1ccccc1. The van der Waals surface area contributed by atoms with Crippen LogP contribution in [0.1, 0.15) is 54.9 Å². The van der Waals surface area contributed by atoms with Crippen molar-refractivity contribution < 1.29 is 0 Å². The topological polar surface area (TPSA) is 21.9 Å². The minimum atomic E-state index is 0.239. The third kappa shape index (κ3) is 5.56. The molecular weight excluding hydrogens is 691 g/mol. The number of hydrogen-bond acceptors (Lipinski definition) is 1. The lowest BCUT2D eigenvalue weighted by Gasteiger charge is -2.20. The zero-order chi connectivity index (χ0) is 38.0. The number of anilines is 1. The Kier molecular flexibility index (Phi) is 8.03. The zero-order valence-electron chi connectivity index (χ0n) is 32.5. The monoisotopic (exact) mass is 735 g/mol. The van der Waals surface area contributed by atoms with Crippen LogP contribution in [0.2, 0.25) is 0 Å². The number of aryl methyl sites for hydroxylation is 2. The molecule has 1 aliphatic heterocycles. The van der Waals surface area contributed by atoms with Gasteiger partial charge >= 0.3 is 0 Å². The Bertz CT molecular complexity index is 3070. The van der Waals surface area contributed by atoms with Crippen LogP contribution in [0, 0.1) is 0 Å². The summed E-state index contributed by atoms with van der Waals surface area (Å²) in [5.74, 6) is 0.248. The van der Waals surface area contributed by atoms with Crippen LogP contribution in [0.3, 0.4) is 0 Å². The van der Waals surface area contributed by atoms with Gasteiger partial charge in [-0.1, -0.05) is 112 Å². The lowest BCUT2D eigenvalue weighted by atomic mass is 9.85. The fraction of sp³-hybridized carbons (Fsp3) is 0.148. The molecule has 2 aliphatic rings. The van der Waals surface area contributed by atoms with E-state index in [0.29, 0.717) is 0 Å². The van der Waals surface area contributed by atoms with E-state index in [4.69, 9.17) is 0 Å². The molecule has 0 bridgehead atoms. The standard InChI is InChI=1S/C54H45N3/c1-3-11-35-17-25-51-45(29-35)47-33-39(21-27-53(47)56(51)41-13-7-5-8-14-41)37-19-23-49-43(31-37)44-32-38(20-24-50(44)55-49)40-22-28-54-48(34-40)46-30-36(12-4-2)18-26-52(46)57(54)42-15-9-6-10-16-42/h5-10,13-34,43,49,55H,3-4,11-12H2,1-2H3. The molecule has 11 rings (SSSR count). The number of nitrogens with one attached hydrogen (secondary N) is 1. The predicted molar refractivity (Wildman–Crippen MR) is 242 cm³/mol. The molecule has 3 heterocycles. The third-order valence-corrected chi connectivity index (χ3v) is 12.4. The first-order chi connectivity index (χ1) is 28.1. The molecule has 3 heteroatoms. The van der Waals surface area contributed by atoms with E-state index in [2.05, 4.69) is 198 Å². The summed E-state index contributed by atoms with van der Waals surface area (Å²) in [5.41, 5.74) is 17.8. The summed E-state index contributed by atoms with van der Waals surface area (Å²) in [5, 5.41) is 9.08. The molecule has 3 nitrogen and oxygen atoms in total. The maximum absolute atomic E-state index is 3.84. The van der Waals surface area contributed by atoms with Crippen molar-refractivity contribution in [1.29, 1.82) is 0 Å². The van der Waals surface area contributed by atoms with Gasteiger partial charge in [0, 0.05) is 44.5 Å². The highest BCUT2D eigenvalue weighted by Gasteiger charge is 2.32. The largest absolute Gasteiger partial charge is 0.378 e. The van der Waals surface area contributed by atoms with E-state index >= 15 is 0 Å². The lowest BCUT2D eigenvalue weighted by Crippen LogP contribution is -2.18. The summed E-state index contributed by atoms with van der Waals surface area (Å²) < 4.78 is 4.84. The number of aromatic nitrogens is 2. The number of benzene rings is 7. The molecule has 0 spiro atoms. The number of para-hydroxylation sites is 2. The van der Waals surface area contributed by atoms with Crippen LogP contribution < -0.4 is 5.32 Å². The van der Waals surface area contributed by atoms with E-state index < -0.39 is 0 Å². The van der Waals surface area contributed by atoms with Crippen LogP contribution in [0.5, 0.6) is 0 Å². The van der Waals surface area contributed by atoms with Gasteiger partial charge in [0.25, 0.3) is 0 Å². The van der Waals surface area contributed by atoms with Gasteiger partial charge < -0.3 is 14.5 Å². The first kappa shape index (κ1) is 33.7. The smallest absolute Gasteiger partial charge is 0.0552 e. The van der Waals surface area contributed by atoms with E-state index in [1.165, 1.54) is 99.6 Å². The van der Waals surface area contributed by atoms with Crippen molar-refractivity contribution >= 4 is 54.9 Å². The molecule has 2 unspecified atom stereocenters. The second-order valence-electron chi connectivity index (χ2n) is 16.0. The van der Waals surface area contributed by atoms with Crippen molar-refractivity contribution in [3.8, 4) is 22.5 Å². The maximum Gasteiger partial charge on any atom is 0.0552 e. The predicted octanol–water partition coefficient (Wildman–Crippen LogP) is 14.0. The highest BCUT2D eigenvalue weighted by molar-refractivity contribution is 6.12. The van der Waals surface area contributed by atoms with Gasteiger partial charge in [0.05, 0.1) is 28.1 Å². The Morgan fingerprint density at radius 2 is 0.982 bits per heavy atom. The van der Waals surface area contributed by atoms with Crippen molar-refractivity contribution in [2.75, 3.05) is 5.32 Å². The molecule has 0 radical (unpaired) electrons. The van der Waals surface area contributed by atoms with Crippen molar-refractivity contribution in [2.24, 2.45) is 0 Å². The lowest BCUT2D eigenvalue weighted by molar-refractivity contribution is 0.808. The molecule has 1 aliphatic carbocycles. The minimum absolute atomic E-state index is 0.239. The summed E-state index contributed by atoms with van der Waals surface area (Å²) >= 11 is 0. The van der Waals surface area contributed by atoms with Gasteiger partial charge in [-0.3, -0.25) is 0 Å². The summed E-state index contributed by atoms with van der Waals surface area (Å²) in [6.07, 6.45) is 11.6. The Morgan fingerprint density at radius 3 is 1.56 bits per heavy atom. The van der Waals surface area contributed by atoms with Crippen LogP contribution in [0.25, 0.3) is 71.7 Å². The first-order valence-corrected chi connectivity index (χ1v) is 20.7. The molecule has 2 atom stereocenters. The molecule has 276 valence electrons. The number of allylic oxidation sites excluding steroid dienone is 2. The molecule has 0 saturated heterocycles. The second kappa shape index (κ2) is 13.6. The number of hydrogen-bond donors (Lipinski definition) is 1. The van der Waals surface area contributed by atoms with Crippen LogP contribution in [-0.2, 0) is 12.8 Å². The Labute approximate surface area is 334 Å². The van der Waals surface area contributed by atoms with E-state index in [1.54, 1.807) is 0 Å². The van der Waals surface area contributed by atoms with Gasteiger partial charge in [-0.05, 0) is 137 Å². The van der Waals surface area contributed by atoms with Gasteiger partial charge in [0.2, 0.25) is 0 Å². The third-order valence-electron chi connectivity index (χ3n) is 12.4. The van der Waals surface area contributed by atoms with Gasteiger partial charge in [0.15, 0.2) is 0 Å². The van der Waals surface area contributed by atoms with Crippen LogP contribution in [-0.4, -0.2) is 15.2 Å². The van der Waals surface area contributed by atoms with Gasteiger partial charge in [-0.2, -0.15) is 0 Å². The highest BCUT2D eigenvalue weighted by atomic mass is 15.0. The van der Waals surface area contributed by atoms with Gasteiger partial charge in [-0.25, -0.2) is 0 Å². The highest BCUT2D eigenvalue weighted by Crippen LogP contribution is 2.45. The number of nitrogens with zero attached hydrogens (tertiary/aromatic N) is 2. The quantitative estimate of drug-likeness (QED) is 0.165. The van der Waals surface area contributed by atoms with Crippen LogP contribution >= 0.6 is 0 Å². The summed E-state index contributed by atoms with van der Waals surface area (Å²) in [7, 11) is 0. The molecule has 0 amide bonds. The molecule has 57 heavy (non-hydrogen) atoms. The molecule has 2 aromatic heterocycles. The Morgan fingerprint density at radius 1 is 0.491 bits per heavy atom. The Balaban J connectivity index is 0.994. The van der Waals surface area contributed by atoms with E-state index in [0.717, 1.165) is 25.7 Å². The number of rotatable bonds is 8. The molecule has 0 fully saturated rings. The summed E-state index contributed by atoms with van der Waals surface area (Å²) in [6, 6.07) is 57.0. The first-order valence-electron chi connectivity index (χ1n) is 20.7. The maximum atomic E-state index is 3.84. The van der Waals surface area contributed by atoms with Crippen molar-refractivity contribution in [2.45, 2.75) is 51.5 Å². The zero-order valence-corrected chi connectivity index (χ0v) is 32.5. The fourth-order valence-corrected chi connectivity index (χ4v) is 9.72. The fourth-order valence-electron chi connectivity index (χ4n) is 9.72. The summed E-state index contributed by atoms with van der Waals surface area (Å²) in [6.45, 7) is 4.52. The van der Waals surface area contributed by atoms with E-state index in [9.17, 15) is 0 Å². The molecule has 0 saturated carbocycles. The van der Waals surface area contributed by atoms with Crippen molar-refractivity contribution in [3.05, 3.63) is 192 Å². The molecule has 7 aromatic carbocycles. The van der Waals surface area contributed by atoms with Crippen LogP contribution in [0.4, 0.5) is 5.69 Å². The minimum Gasteiger partial charge on any atom is -0.378 e. The average Bonchev–Trinajstić information content (AvgIpc) is 3.90. The molecular formula is C54H45N3. The molecule has 9 aromatic rings. The van der Waals surface area contributed by atoms with Gasteiger partial charge in [-0.15, -0.1) is 0 Å². The van der Waals surface area contributed by atoms with Crippen molar-refractivity contribution in [3.63, 3.8) is 0 Å². The van der Waals surface area contributed by atoms with Crippen LogP contribution in [0.15, 0.2) is 170 Å². The molecule has 1 N–H and O–H groups in total. The van der Waals surface area contributed by atoms with E-state index in [-0.39, 0.29) is 12.0 Å². The van der Waals surface area contributed by atoms with Crippen molar-refractivity contribution in [1.82, 2.24) is 9.13 Å². The second-order valence-corrected chi connectivity index (χ2v) is 16.0. The number of fused-ring (bicyclic) bond motifs is 9. The van der Waals surface area contributed by atoms with E-state index in [1.807, 2.05) is 0 Å². The normalized spacial score (nSPS) is 16.0. The summed E-state index contributed by atoms with van der Waals surface area (Å²) in [4.78, 5) is 0. The van der Waals surface area contributed by atoms with Gasteiger partial charge in [0.1, 0.15) is 0 Å². The Hall–Kier alpha value is -6.58.